The van der Waals surface area contributed by atoms with Gasteiger partial charge in [0.1, 0.15) is 32.6 Å². The summed E-state index contributed by atoms with van der Waals surface area (Å²) in [5.74, 6) is -0.665. The van der Waals surface area contributed by atoms with Gasteiger partial charge in [0, 0.05) is 28.5 Å². The Morgan fingerprint density at radius 1 is 1.35 bits per heavy atom. The fraction of sp³-hybridized carbons (Fsp3) is 0.381. The number of anilines is 1. The van der Waals surface area contributed by atoms with E-state index in [4.69, 9.17) is 17.0 Å². The van der Waals surface area contributed by atoms with E-state index in [-0.39, 0.29) is 18.1 Å². The zero-order valence-corrected chi connectivity index (χ0v) is 19.3. The minimum atomic E-state index is -1.57. The van der Waals surface area contributed by atoms with Crippen molar-refractivity contribution in [2.45, 2.75) is 37.4 Å². The highest BCUT2D eigenvalue weighted by molar-refractivity contribution is 6.57. The highest BCUT2D eigenvalue weighted by Gasteiger charge is 2.45. The number of aromatic nitrogens is 1. The quantitative estimate of drug-likeness (QED) is 0.549. The number of nitrogens with one attached hydrogen (secondary N) is 3. The Kier molecular flexibility index (Phi) is 6.66. The predicted molar refractivity (Wildman–Crippen MR) is 120 cm³/mol. The first-order valence-electron chi connectivity index (χ1n) is 9.77. The molecule has 1 aliphatic rings. The first-order chi connectivity index (χ1) is 14.6. The van der Waals surface area contributed by atoms with Gasteiger partial charge in [0.2, 0.25) is 0 Å². The molecule has 1 amide bonds. The molecule has 31 heavy (non-hydrogen) atoms. The van der Waals surface area contributed by atoms with E-state index < -0.39 is 37.6 Å². The van der Waals surface area contributed by atoms with Crippen molar-refractivity contribution >= 4 is 37.6 Å². The third-order valence-corrected chi connectivity index (χ3v) is 9.00. The summed E-state index contributed by atoms with van der Waals surface area (Å²) in [6.45, 7) is 5.13. The summed E-state index contributed by atoms with van der Waals surface area (Å²) in [7, 11) is -1.57. The minimum Gasteiger partial charge on any atom is -0.364 e. The van der Waals surface area contributed by atoms with Crippen LogP contribution < -0.4 is 10.6 Å². The summed E-state index contributed by atoms with van der Waals surface area (Å²) in [5, 5.41) is 14.2. The molecule has 1 atom stereocenters. The van der Waals surface area contributed by atoms with E-state index in [9.17, 15) is 13.6 Å². The van der Waals surface area contributed by atoms with Crippen molar-refractivity contribution in [3.05, 3.63) is 58.6 Å². The van der Waals surface area contributed by atoms with Gasteiger partial charge in [-0.25, -0.2) is 13.8 Å². The molecule has 3 N–H and O–H groups in total. The van der Waals surface area contributed by atoms with Gasteiger partial charge in [-0.05, 0) is 37.3 Å². The van der Waals surface area contributed by atoms with Crippen molar-refractivity contribution in [3.63, 3.8) is 0 Å². The predicted octanol–water partition coefficient (Wildman–Crippen LogP) is 4.93. The van der Waals surface area contributed by atoms with Crippen LogP contribution in [0.1, 0.15) is 36.8 Å². The molecule has 1 fully saturated rings. The molecule has 2 aromatic rings. The lowest BCUT2D eigenvalue weighted by Crippen LogP contribution is -2.56. The summed E-state index contributed by atoms with van der Waals surface area (Å²) >= 11 is 5.81. The SMILES string of the molecule is CC1(C)C(=N)N[C@](C)(c2cc(NC(=O)c3ccc(Cl)cn3)ccc2F)C/[Si]1=N/CCF. The van der Waals surface area contributed by atoms with Crippen LogP contribution in [0.25, 0.3) is 0 Å². The van der Waals surface area contributed by atoms with E-state index in [0.29, 0.717) is 22.3 Å². The fourth-order valence-corrected chi connectivity index (χ4v) is 6.22. The van der Waals surface area contributed by atoms with E-state index >= 15 is 0 Å². The maximum Gasteiger partial charge on any atom is 0.274 e. The number of nitrogens with zero attached hydrogens (tertiary/aromatic N) is 2. The smallest absolute Gasteiger partial charge is 0.274 e. The van der Waals surface area contributed by atoms with Gasteiger partial charge in [-0.15, -0.1) is 0 Å². The van der Waals surface area contributed by atoms with Gasteiger partial charge in [-0.3, -0.25) is 10.2 Å². The van der Waals surface area contributed by atoms with Crippen LogP contribution in [-0.2, 0) is 5.54 Å². The van der Waals surface area contributed by atoms with Crippen LogP contribution in [0.3, 0.4) is 0 Å². The third-order valence-electron chi connectivity index (χ3n) is 5.43. The zero-order chi connectivity index (χ0) is 22.8. The molecule has 1 aromatic carbocycles. The number of rotatable bonds is 5. The lowest BCUT2D eigenvalue weighted by molar-refractivity contribution is 0.102. The summed E-state index contributed by atoms with van der Waals surface area (Å²) in [4.78, 5) is 16.5. The Morgan fingerprint density at radius 2 is 2.10 bits per heavy atom. The Hall–Kier alpha value is -2.52. The number of carbonyl (C=O) groups excluding carboxylic acids is 1. The molecule has 164 valence electrons. The highest BCUT2D eigenvalue weighted by atomic mass is 35.5. The van der Waals surface area contributed by atoms with Crippen molar-refractivity contribution < 1.29 is 13.6 Å². The van der Waals surface area contributed by atoms with Crippen molar-refractivity contribution in [3.8, 4) is 0 Å². The molecule has 0 saturated carbocycles. The molecule has 0 aliphatic carbocycles. The molecule has 2 heterocycles. The molecule has 1 aromatic heterocycles. The Labute approximate surface area is 186 Å². The first kappa shape index (κ1) is 23.1. The molecule has 10 heteroatoms. The molecule has 0 bridgehead atoms. The third kappa shape index (κ3) is 4.88. The van der Waals surface area contributed by atoms with Crippen LogP contribution in [0.2, 0.25) is 16.1 Å². The zero-order valence-electron chi connectivity index (χ0n) is 17.5. The van der Waals surface area contributed by atoms with E-state index in [1.54, 1.807) is 19.1 Å². The number of halogens is 3. The van der Waals surface area contributed by atoms with E-state index in [1.165, 1.54) is 24.4 Å². The van der Waals surface area contributed by atoms with Crippen LogP contribution in [0, 0.1) is 11.2 Å². The lowest BCUT2D eigenvalue weighted by Gasteiger charge is -2.44. The Morgan fingerprint density at radius 3 is 2.74 bits per heavy atom. The van der Waals surface area contributed by atoms with Crippen molar-refractivity contribution in [1.29, 1.82) is 5.41 Å². The van der Waals surface area contributed by atoms with Gasteiger partial charge in [0.05, 0.1) is 17.1 Å². The monoisotopic (exact) mass is 463 g/mol. The molecule has 1 aliphatic heterocycles. The van der Waals surface area contributed by atoms with Crippen LogP contribution in [0.15, 0.2) is 41.2 Å². The average molecular weight is 464 g/mol. The number of alkyl halides is 1. The second-order valence-corrected chi connectivity index (χ2v) is 11.4. The number of amidine groups is 1. The molecule has 0 radical (unpaired) electrons. The topological polar surface area (TPSA) is 90.2 Å². The highest BCUT2D eigenvalue weighted by Crippen LogP contribution is 2.41. The normalized spacial score (nSPS) is 21.6. The summed E-state index contributed by atoms with van der Waals surface area (Å²) in [6.07, 6.45) is 1.37. The molecule has 3 rings (SSSR count). The van der Waals surface area contributed by atoms with E-state index in [0.717, 1.165) is 0 Å². The van der Waals surface area contributed by atoms with Gasteiger partial charge < -0.3 is 15.3 Å². The number of benzene rings is 1. The fourth-order valence-electron chi connectivity index (χ4n) is 3.50. The standard InChI is InChI=1S/C21H24ClF2N5OSi/c1-20(2)19(25)29-21(3,12-31(20)27-9-8-23)15-10-14(5-6-16(15)24)28-18(30)17-7-4-13(22)11-26-17/h4-7,10-11H,8-9,12H2,1-3H3,(H2,25,29)(H,28,30)/b31-27-/t21-/m0/s1. The van der Waals surface area contributed by atoms with Crippen LogP contribution >= 0.6 is 11.6 Å². The number of pyridine rings is 1. The molecular formula is C21H24ClF2N5OSi. The summed E-state index contributed by atoms with van der Waals surface area (Å²) in [5.41, 5.74) is -0.0276. The van der Waals surface area contributed by atoms with Gasteiger partial charge in [0.15, 0.2) is 0 Å². The molecule has 1 saturated heterocycles. The maximum absolute atomic E-state index is 14.9. The maximum atomic E-state index is 14.9. The molecule has 0 unspecified atom stereocenters. The van der Waals surface area contributed by atoms with Crippen LogP contribution in [0.5, 0.6) is 0 Å². The van der Waals surface area contributed by atoms with Crippen LogP contribution in [0.4, 0.5) is 14.5 Å². The lowest BCUT2D eigenvalue weighted by atomic mass is 9.91. The molecule has 0 spiro atoms. The van der Waals surface area contributed by atoms with Gasteiger partial charge >= 0.3 is 0 Å². The van der Waals surface area contributed by atoms with Crippen LogP contribution in [-0.4, -0.2) is 38.5 Å². The number of hydrogen-bond donors (Lipinski definition) is 3. The Balaban J connectivity index is 1.92. The first-order valence-corrected chi connectivity index (χ1v) is 11.8. The minimum absolute atomic E-state index is 0.0771. The summed E-state index contributed by atoms with van der Waals surface area (Å²) < 4.78 is 32.1. The van der Waals surface area contributed by atoms with Gasteiger partial charge in [-0.1, -0.05) is 25.4 Å². The number of amides is 1. The largest absolute Gasteiger partial charge is 0.364 e. The van der Waals surface area contributed by atoms with Gasteiger partial charge in [0.25, 0.3) is 5.91 Å². The van der Waals surface area contributed by atoms with E-state index in [1.807, 2.05) is 13.8 Å². The molecule has 6 nitrogen and oxygen atoms in total. The van der Waals surface area contributed by atoms with E-state index in [2.05, 4.69) is 20.3 Å². The second-order valence-electron chi connectivity index (χ2n) is 8.16. The van der Waals surface area contributed by atoms with Crippen molar-refractivity contribution in [1.82, 2.24) is 10.3 Å². The average Bonchev–Trinajstić information content (AvgIpc) is 2.71. The molecular weight excluding hydrogens is 440 g/mol. The summed E-state index contributed by atoms with van der Waals surface area (Å²) in [6, 6.07) is 7.83. The Bertz CT molecular complexity index is 1040. The number of carbonyl (C=O) groups is 1. The second kappa shape index (κ2) is 8.92. The van der Waals surface area contributed by atoms with Crippen molar-refractivity contribution in [2.24, 2.45) is 4.63 Å². The van der Waals surface area contributed by atoms with Crippen molar-refractivity contribution in [2.75, 3.05) is 18.5 Å². The number of hydrogen-bond acceptors (Lipinski definition) is 4. The van der Waals surface area contributed by atoms with Gasteiger partial charge in [-0.2, -0.15) is 0 Å².